The standard InChI is InChI=1S/C16H16N2/c1-2-13-8-9-14-11-17-15(18-16(13)14)10-12-6-4-3-5-7-12/h3-8,11H,2,9-10H2,1H3. The number of fused-ring (bicyclic) bond motifs is 1. The molecular formula is C16H16N2. The van der Waals surface area contributed by atoms with Gasteiger partial charge in [-0.2, -0.15) is 0 Å². The largest absolute Gasteiger partial charge is 0.241 e. The summed E-state index contributed by atoms with van der Waals surface area (Å²) in [6, 6.07) is 10.4. The first-order valence-corrected chi connectivity index (χ1v) is 6.45. The van der Waals surface area contributed by atoms with Gasteiger partial charge in [0.1, 0.15) is 5.82 Å². The number of hydrogen-bond donors (Lipinski definition) is 0. The van der Waals surface area contributed by atoms with E-state index in [0.717, 1.165) is 25.1 Å². The second-order valence-corrected chi connectivity index (χ2v) is 4.61. The first kappa shape index (κ1) is 11.1. The van der Waals surface area contributed by atoms with E-state index in [2.05, 4.69) is 42.2 Å². The number of rotatable bonds is 3. The molecular weight excluding hydrogens is 220 g/mol. The van der Waals surface area contributed by atoms with Crippen molar-refractivity contribution in [3.63, 3.8) is 0 Å². The van der Waals surface area contributed by atoms with Crippen LogP contribution < -0.4 is 0 Å². The average Bonchev–Trinajstić information content (AvgIpc) is 2.82. The van der Waals surface area contributed by atoms with Gasteiger partial charge in [-0.05, 0) is 24.0 Å². The Balaban J connectivity index is 1.89. The fraction of sp³-hybridized carbons (Fsp3) is 0.250. The summed E-state index contributed by atoms with van der Waals surface area (Å²) in [7, 11) is 0. The van der Waals surface area contributed by atoms with Gasteiger partial charge in [0.15, 0.2) is 0 Å². The third-order valence-corrected chi connectivity index (χ3v) is 3.37. The van der Waals surface area contributed by atoms with Gasteiger partial charge >= 0.3 is 0 Å². The van der Waals surface area contributed by atoms with Crippen LogP contribution in [0.1, 0.15) is 36.0 Å². The molecule has 0 saturated carbocycles. The van der Waals surface area contributed by atoms with E-state index < -0.39 is 0 Å². The predicted octanol–water partition coefficient (Wildman–Crippen LogP) is 3.42. The average molecular weight is 236 g/mol. The molecule has 1 aliphatic carbocycles. The van der Waals surface area contributed by atoms with Crippen molar-refractivity contribution in [2.24, 2.45) is 0 Å². The maximum absolute atomic E-state index is 4.72. The van der Waals surface area contributed by atoms with Crippen LogP contribution in [-0.4, -0.2) is 9.97 Å². The molecule has 0 saturated heterocycles. The smallest absolute Gasteiger partial charge is 0.133 e. The van der Waals surface area contributed by atoms with E-state index in [1.165, 1.54) is 22.4 Å². The summed E-state index contributed by atoms with van der Waals surface area (Å²) < 4.78 is 0. The second kappa shape index (κ2) is 4.73. The van der Waals surface area contributed by atoms with Crippen molar-refractivity contribution in [3.05, 3.63) is 65.2 Å². The summed E-state index contributed by atoms with van der Waals surface area (Å²) in [5, 5.41) is 0. The van der Waals surface area contributed by atoms with Crippen LogP contribution in [0.15, 0.2) is 42.6 Å². The maximum atomic E-state index is 4.72. The first-order valence-electron chi connectivity index (χ1n) is 6.45. The lowest BCUT2D eigenvalue weighted by Gasteiger charge is -2.05. The van der Waals surface area contributed by atoms with Crippen LogP contribution in [0.4, 0.5) is 0 Å². The summed E-state index contributed by atoms with van der Waals surface area (Å²) >= 11 is 0. The maximum Gasteiger partial charge on any atom is 0.133 e. The van der Waals surface area contributed by atoms with Crippen molar-refractivity contribution in [1.82, 2.24) is 9.97 Å². The van der Waals surface area contributed by atoms with Crippen molar-refractivity contribution in [3.8, 4) is 0 Å². The van der Waals surface area contributed by atoms with Gasteiger partial charge in [0.05, 0.1) is 5.69 Å². The molecule has 3 rings (SSSR count). The number of hydrogen-bond acceptors (Lipinski definition) is 2. The normalized spacial score (nSPS) is 13.3. The Hall–Kier alpha value is -1.96. The Kier molecular flexibility index (Phi) is 2.93. The minimum Gasteiger partial charge on any atom is -0.241 e. The molecule has 0 radical (unpaired) electrons. The molecule has 0 aliphatic heterocycles. The quantitative estimate of drug-likeness (QED) is 0.816. The minimum absolute atomic E-state index is 0.811. The van der Waals surface area contributed by atoms with Crippen molar-refractivity contribution < 1.29 is 0 Å². The van der Waals surface area contributed by atoms with E-state index in [1.807, 2.05) is 12.3 Å². The van der Waals surface area contributed by atoms with E-state index in [-0.39, 0.29) is 0 Å². The van der Waals surface area contributed by atoms with Crippen molar-refractivity contribution in [1.29, 1.82) is 0 Å². The third-order valence-electron chi connectivity index (χ3n) is 3.37. The topological polar surface area (TPSA) is 25.8 Å². The molecule has 0 spiro atoms. The van der Waals surface area contributed by atoms with Crippen LogP contribution in [0.2, 0.25) is 0 Å². The third kappa shape index (κ3) is 2.06. The lowest BCUT2D eigenvalue weighted by Crippen LogP contribution is -2.01. The molecule has 2 heteroatoms. The molecule has 1 aromatic carbocycles. The molecule has 0 N–H and O–H groups in total. The molecule has 1 aliphatic rings. The van der Waals surface area contributed by atoms with Crippen molar-refractivity contribution in [2.45, 2.75) is 26.2 Å². The molecule has 1 aromatic heterocycles. The van der Waals surface area contributed by atoms with E-state index in [9.17, 15) is 0 Å². The summed E-state index contributed by atoms with van der Waals surface area (Å²) in [6.45, 7) is 2.18. The Bertz CT molecular complexity index is 585. The number of nitrogens with zero attached hydrogens (tertiary/aromatic N) is 2. The molecule has 0 fully saturated rings. The SMILES string of the molecule is CCC1=CCc2cnc(Cc3ccccc3)nc21. The van der Waals surface area contributed by atoms with Gasteiger partial charge in [-0.25, -0.2) is 9.97 Å². The van der Waals surface area contributed by atoms with Crippen molar-refractivity contribution >= 4 is 5.57 Å². The van der Waals surface area contributed by atoms with Gasteiger partial charge in [-0.15, -0.1) is 0 Å². The lowest BCUT2D eigenvalue weighted by molar-refractivity contribution is 0.940. The van der Waals surface area contributed by atoms with Crippen LogP contribution >= 0.6 is 0 Å². The van der Waals surface area contributed by atoms with E-state index in [4.69, 9.17) is 4.98 Å². The number of allylic oxidation sites excluding steroid dienone is 2. The summed E-state index contributed by atoms with van der Waals surface area (Å²) in [5.74, 6) is 0.918. The Labute approximate surface area is 107 Å². The number of aromatic nitrogens is 2. The Morgan fingerprint density at radius 2 is 2.00 bits per heavy atom. The summed E-state index contributed by atoms with van der Waals surface area (Å²) in [4.78, 5) is 9.19. The van der Waals surface area contributed by atoms with Crippen LogP contribution in [0.25, 0.3) is 5.57 Å². The highest BCUT2D eigenvalue weighted by Crippen LogP contribution is 2.27. The first-order chi connectivity index (χ1) is 8.86. The molecule has 1 heterocycles. The molecule has 0 unspecified atom stereocenters. The van der Waals surface area contributed by atoms with Gasteiger partial charge in [0, 0.05) is 18.2 Å². The van der Waals surface area contributed by atoms with Gasteiger partial charge < -0.3 is 0 Å². The van der Waals surface area contributed by atoms with Crippen LogP contribution in [0.5, 0.6) is 0 Å². The van der Waals surface area contributed by atoms with Crippen LogP contribution in [-0.2, 0) is 12.8 Å². The van der Waals surface area contributed by atoms with Gasteiger partial charge in [-0.3, -0.25) is 0 Å². The summed E-state index contributed by atoms with van der Waals surface area (Å²) in [6.07, 6.45) is 7.11. The predicted molar refractivity (Wildman–Crippen MR) is 73.3 cm³/mol. The molecule has 90 valence electrons. The van der Waals surface area contributed by atoms with E-state index in [1.54, 1.807) is 0 Å². The Morgan fingerprint density at radius 3 is 2.78 bits per heavy atom. The van der Waals surface area contributed by atoms with Crippen molar-refractivity contribution in [2.75, 3.05) is 0 Å². The van der Waals surface area contributed by atoms with Gasteiger partial charge in [-0.1, -0.05) is 43.3 Å². The highest BCUT2D eigenvalue weighted by atomic mass is 14.9. The van der Waals surface area contributed by atoms with E-state index >= 15 is 0 Å². The van der Waals surface area contributed by atoms with Gasteiger partial charge in [0.25, 0.3) is 0 Å². The zero-order valence-corrected chi connectivity index (χ0v) is 10.6. The molecule has 2 nitrogen and oxygen atoms in total. The van der Waals surface area contributed by atoms with E-state index in [0.29, 0.717) is 0 Å². The highest BCUT2D eigenvalue weighted by molar-refractivity contribution is 5.69. The zero-order chi connectivity index (χ0) is 12.4. The molecule has 2 aromatic rings. The fourth-order valence-electron chi connectivity index (χ4n) is 2.38. The Morgan fingerprint density at radius 1 is 1.17 bits per heavy atom. The van der Waals surface area contributed by atoms with Crippen LogP contribution in [0.3, 0.4) is 0 Å². The monoisotopic (exact) mass is 236 g/mol. The molecule has 18 heavy (non-hydrogen) atoms. The second-order valence-electron chi connectivity index (χ2n) is 4.61. The molecule has 0 bridgehead atoms. The number of benzene rings is 1. The zero-order valence-electron chi connectivity index (χ0n) is 10.6. The van der Waals surface area contributed by atoms with Crippen LogP contribution in [0, 0.1) is 0 Å². The minimum atomic E-state index is 0.811. The fourth-order valence-corrected chi connectivity index (χ4v) is 2.38. The molecule has 0 amide bonds. The van der Waals surface area contributed by atoms with Gasteiger partial charge in [0.2, 0.25) is 0 Å². The summed E-state index contributed by atoms with van der Waals surface area (Å²) in [5.41, 5.74) is 5.06. The lowest BCUT2D eigenvalue weighted by atomic mass is 10.1. The highest BCUT2D eigenvalue weighted by Gasteiger charge is 2.15. The molecule has 0 atom stereocenters.